The molecule has 2 rings (SSSR count). The van der Waals surface area contributed by atoms with Crippen LogP contribution in [-0.4, -0.2) is 39.6 Å². The number of carbonyl (C=O) groups is 1. The zero-order valence-corrected chi connectivity index (χ0v) is 18.2. The number of aliphatic imine (C=N–C) groups is 1. The van der Waals surface area contributed by atoms with Gasteiger partial charge in [-0.3, -0.25) is 9.79 Å². The van der Waals surface area contributed by atoms with Crippen molar-refractivity contribution in [1.82, 2.24) is 16.0 Å². The molecule has 6 nitrogen and oxygen atoms in total. The number of carbonyl (C=O) groups excluding carboxylic acids is 1. The third-order valence-corrected chi connectivity index (χ3v) is 3.99. The van der Waals surface area contributed by atoms with Gasteiger partial charge in [0.25, 0.3) is 5.91 Å². The molecule has 1 amide bonds. The molecule has 0 saturated carbocycles. The number of ether oxygens (including phenoxy) is 1. The molecule has 3 N–H and O–H groups in total. The molecule has 146 valence electrons. The molecule has 0 heterocycles. The van der Waals surface area contributed by atoms with Crippen molar-refractivity contribution in [3.63, 3.8) is 0 Å². The monoisotopic (exact) mass is 482 g/mol. The predicted molar refractivity (Wildman–Crippen MR) is 120 cm³/mol. The number of amides is 1. The Morgan fingerprint density at radius 1 is 1.00 bits per heavy atom. The van der Waals surface area contributed by atoms with Crippen LogP contribution in [0.1, 0.15) is 21.5 Å². The number of halogens is 1. The summed E-state index contributed by atoms with van der Waals surface area (Å²) in [6.45, 7) is 1.41. The van der Waals surface area contributed by atoms with Crippen molar-refractivity contribution in [2.24, 2.45) is 4.99 Å². The molecule has 0 radical (unpaired) electrons. The van der Waals surface area contributed by atoms with Gasteiger partial charge in [0.2, 0.25) is 0 Å². The van der Waals surface area contributed by atoms with Crippen LogP contribution >= 0.6 is 24.0 Å². The van der Waals surface area contributed by atoms with E-state index in [0.29, 0.717) is 12.1 Å². The van der Waals surface area contributed by atoms with Gasteiger partial charge in [0.1, 0.15) is 5.75 Å². The molecule has 0 saturated heterocycles. The zero-order valence-electron chi connectivity index (χ0n) is 15.9. The lowest BCUT2D eigenvalue weighted by Gasteiger charge is -2.12. The number of benzene rings is 2. The van der Waals surface area contributed by atoms with Crippen molar-refractivity contribution < 1.29 is 9.53 Å². The van der Waals surface area contributed by atoms with E-state index < -0.39 is 0 Å². The molecule has 0 aromatic heterocycles. The Kier molecular flexibility index (Phi) is 10.2. The lowest BCUT2D eigenvalue weighted by molar-refractivity contribution is 0.0963. The fourth-order valence-corrected chi connectivity index (χ4v) is 2.44. The number of hydrogen-bond acceptors (Lipinski definition) is 3. The van der Waals surface area contributed by atoms with Gasteiger partial charge < -0.3 is 20.7 Å². The predicted octanol–water partition coefficient (Wildman–Crippen LogP) is 2.58. The average Bonchev–Trinajstić information content (AvgIpc) is 2.70. The summed E-state index contributed by atoms with van der Waals surface area (Å²) in [6, 6.07) is 15.5. The summed E-state index contributed by atoms with van der Waals surface area (Å²) in [5, 5.41) is 9.18. The van der Waals surface area contributed by atoms with Gasteiger partial charge in [-0.05, 0) is 41.8 Å². The molecule has 7 heteroatoms. The number of guanidine groups is 1. The lowest BCUT2D eigenvalue weighted by atomic mass is 10.1. The Balaban J connectivity index is 0.00000364. The van der Waals surface area contributed by atoms with E-state index in [9.17, 15) is 4.79 Å². The first-order chi connectivity index (χ1) is 12.7. The molecule has 0 spiro atoms. The number of nitrogens with one attached hydrogen (secondary N) is 3. The fraction of sp³-hybridized carbons (Fsp3) is 0.300. The maximum Gasteiger partial charge on any atom is 0.251 e. The molecule has 0 aliphatic rings. The summed E-state index contributed by atoms with van der Waals surface area (Å²) in [6.07, 6.45) is 0.894. The van der Waals surface area contributed by atoms with E-state index in [4.69, 9.17) is 4.74 Å². The molecule has 0 unspecified atom stereocenters. The van der Waals surface area contributed by atoms with Crippen molar-refractivity contribution >= 4 is 35.8 Å². The molecule has 0 atom stereocenters. The van der Waals surface area contributed by atoms with Crippen LogP contribution in [0.15, 0.2) is 53.5 Å². The minimum atomic E-state index is -0.0829. The molecular weight excluding hydrogens is 455 g/mol. The minimum Gasteiger partial charge on any atom is -0.497 e. The van der Waals surface area contributed by atoms with Gasteiger partial charge >= 0.3 is 0 Å². The van der Waals surface area contributed by atoms with Gasteiger partial charge in [-0.2, -0.15) is 0 Å². The second-order valence-corrected chi connectivity index (χ2v) is 5.73. The van der Waals surface area contributed by atoms with E-state index >= 15 is 0 Å². The Bertz CT molecular complexity index is 731. The van der Waals surface area contributed by atoms with Crippen molar-refractivity contribution in [2.45, 2.75) is 13.0 Å². The maximum atomic E-state index is 11.5. The summed E-state index contributed by atoms with van der Waals surface area (Å²) < 4.78 is 5.16. The molecule has 2 aromatic rings. The highest BCUT2D eigenvalue weighted by atomic mass is 127. The molecule has 2 aromatic carbocycles. The third-order valence-electron chi connectivity index (χ3n) is 3.99. The molecule has 27 heavy (non-hydrogen) atoms. The van der Waals surface area contributed by atoms with Crippen LogP contribution in [0.2, 0.25) is 0 Å². The SMILES string of the molecule is CN=C(NCCc1ccc(OC)cc1)NCc1ccc(C(=O)NC)cc1.I. The quantitative estimate of drug-likeness (QED) is 0.322. The molecule has 0 aliphatic heterocycles. The highest BCUT2D eigenvalue weighted by Gasteiger charge is 2.03. The molecule has 0 fully saturated rings. The van der Waals surface area contributed by atoms with Crippen LogP contribution in [0.3, 0.4) is 0 Å². The van der Waals surface area contributed by atoms with Gasteiger partial charge in [-0.15, -0.1) is 24.0 Å². The van der Waals surface area contributed by atoms with Gasteiger partial charge in [-0.25, -0.2) is 0 Å². The second-order valence-electron chi connectivity index (χ2n) is 5.73. The minimum absolute atomic E-state index is 0. The van der Waals surface area contributed by atoms with Crippen molar-refractivity contribution in [3.05, 3.63) is 65.2 Å². The average molecular weight is 482 g/mol. The summed E-state index contributed by atoms with van der Waals surface area (Å²) in [5.74, 6) is 1.52. The summed E-state index contributed by atoms with van der Waals surface area (Å²) in [7, 11) is 5.04. The first kappa shape index (κ1) is 22.8. The number of nitrogens with zero attached hydrogens (tertiary/aromatic N) is 1. The summed E-state index contributed by atoms with van der Waals surface area (Å²) in [4.78, 5) is 15.8. The van der Waals surface area contributed by atoms with Crippen LogP contribution in [0.5, 0.6) is 5.75 Å². The number of rotatable bonds is 7. The fourth-order valence-electron chi connectivity index (χ4n) is 2.44. The van der Waals surface area contributed by atoms with E-state index in [0.717, 1.165) is 30.2 Å². The normalized spacial score (nSPS) is 10.6. The Morgan fingerprint density at radius 2 is 1.63 bits per heavy atom. The van der Waals surface area contributed by atoms with Gasteiger partial charge in [0, 0.05) is 32.7 Å². The topological polar surface area (TPSA) is 74.8 Å². The van der Waals surface area contributed by atoms with Gasteiger partial charge in [0.05, 0.1) is 7.11 Å². The maximum absolute atomic E-state index is 11.5. The lowest BCUT2D eigenvalue weighted by Crippen LogP contribution is -2.37. The molecular formula is C20H27IN4O2. The first-order valence-corrected chi connectivity index (χ1v) is 8.54. The highest BCUT2D eigenvalue weighted by Crippen LogP contribution is 2.11. The van der Waals surface area contributed by atoms with Gasteiger partial charge in [0.15, 0.2) is 5.96 Å². The largest absolute Gasteiger partial charge is 0.497 e. The Morgan fingerprint density at radius 3 is 2.19 bits per heavy atom. The van der Waals surface area contributed by atoms with E-state index in [1.54, 1.807) is 21.2 Å². The third kappa shape index (κ3) is 7.46. The van der Waals surface area contributed by atoms with Gasteiger partial charge in [-0.1, -0.05) is 24.3 Å². The number of methoxy groups -OCH3 is 1. The summed E-state index contributed by atoms with van der Waals surface area (Å²) >= 11 is 0. The van der Waals surface area contributed by atoms with Crippen LogP contribution in [0, 0.1) is 0 Å². The van der Waals surface area contributed by atoms with E-state index in [1.807, 2.05) is 36.4 Å². The van der Waals surface area contributed by atoms with Crippen molar-refractivity contribution in [1.29, 1.82) is 0 Å². The van der Waals surface area contributed by atoms with Crippen LogP contribution in [0.4, 0.5) is 0 Å². The van der Waals surface area contributed by atoms with Crippen LogP contribution in [-0.2, 0) is 13.0 Å². The standard InChI is InChI=1S/C20H26N4O2.HI/c1-21-19(25)17-8-4-16(5-9-17)14-24-20(22-2)23-13-12-15-6-10-18(26-3)11-7-15;/h4-11H,12-14H2,1-3H3,(H,21,25)(H2,22,23,24);1H. The first-order valence-electron chi connectivity index (χ1n) is 8.54. The second kappa shape index (κ2) is 12.2. The van der Waals surface area contributed by atoms with E-state index in [-0.39, 0.29) is 29.9 Å². The summed E-state index contributed by atoms with van der Waals surface area (Å²) in [5.41, 5.74) is 2.97. The van der Waals surface area contributed by atoms with Crippen LogP contribution < -0.4 is 20.7 Å². The van der Waals surface area contributed by atoms with Crippen LogP contribution in [0.25, 0.3) is 0 Å². The zero-order chi connectivity index (χ0) is 18.8. The smallest absolute Gasteiger partial charge is 0.251 e. The van der Waals surface area contributed by atoms with Crippen molar-refractivity contribution in [3.8, 4) is 5.75 Å². The molecule has 0 bridgehead atoms. The van der Waals surface area contributed by atoms with Crippen molar-refractivity contribution in [2.75, 3.05) is 27.7 Å². The van der Waals surface area contributed by atoms with E-state index in [1.165, 1.54) is 5.56 Å². The van der Waals surface area contributed by atoms with E-state index in [2.05, 4.69) is 33.1 Å². The molecule has 0 aliphatic carbocycles. The number of hydrogen-bond donors (Lipinski definition) is 3. The highest BCUT2D eigenvalue weighted by molar-refractivity contribution is 14.0. The Hall–Kier alpha value is -2.29. The Labute approximate surface area is 177 Å².